The topological polar surface area (TPSA) is 58.2 Å². The molecule has 0 atom stereocenters. The van der Waals surface area contributed by atoms with E-state index in [0.717, 1.165) is 22.3 Å². The van der Waals surface area contributed by atoms with Crippen molar-refractivity contribution >= 4 is 29.5 Å². The molecular weight excluding hydrogens is 396 g/mol. The van der Waals surface area contributed by atoms with Gasteiger partial charge in [0.05, 0.1) is 0 Å². The van der Waals surface area contributed by atoms with Gasteiger partial charge >= 0.3 is 0 Å². The first-order valence-corrected chi connectivity index (χ1v) is 9.97. The molecule has 0 aromatic heterocycles. The van der Waals surface area contributed by atoms with E-state index in [-0.39, 0.29) is 17.5 Å². The summed E-state index contributed by atoms with van der Waals surface area (Å²) >= 11 is 5.95. The number of amides is 2. The number of carbonyl (C=O) groups excluding carboxylic acids is 2. The van der Waals surface area contributed by atoms with Crippen molar-refractivity contribution in [1.82, 2.24) is 10.6 Å². The summed E-state index contributed by atoms with van der Waals surface area (Å²) in [7, 11) is 0. The van der Waals surface area contributed by atoms with Crippen LogP contribution in [0.5, 0.6) is 0 Å². The van der Waals surface area contributed by atoms with Crippen molar-refractivity contribution in [3.05, 3.63) is 111 Å². The van der Waals surface area contributed by atoms with Crippen molar-refractivity contribution in [2.45, 2.75) is 20.4 Å². The summed E-state index contributed by atoms with van der Waals surface area (Å²) in [5, 5.41) is 6.20. The lowest BCUT2D eigenvalue weighted by molar-refractivity contribution is -0.117. The molecule has 0 heterocycles. The number of rotatable bonds is 6. The first kappa shape index (κ1) is 21.3. The van der Waals surface area contributed by atoms with E-state index < -0.39 is 0 Å². The van der Waals surface area contributed by atoms with Gasteiger partial charge in [-0.2, -0.15) is 0 Å². The molecule has 0 spiro atoms. The van der Waals surface area contributed by atoms with Gasteiger partial charge < -0.3 is 10.6 Å². The lowest BCUT2D eigenvalue weighted by atomic mass is 10.1. The van der Waals surface area contributed by atoms with Gasteiger partial charge in [0.15, 0.2) is 0 Å². The first-order valence-electron chi connectivity index (χ1n) is 9.60. The largest absolute Gasteiger partial charge is 0.347 e. The van der Waals surface area contributed by atoms with E-state index in [4.69, 9.17) is 11.6 Å². The van der Waals surface area contributed by atoms with Gasteiger partial charge in [0.2, 0.25) is 0 Å². The number of hydrogen-bond acceptors (Lipinski definition) is 2. The third-order valence-electron chi connectivity index (χ3n) is 4.56. The molecule has 3 aromatic carbocycles. The van der Waals surface area contributed by atoms with Gasteiger partial charge in [-0.05, 0) is 55.3 Å². The molecule has 0 saturated carbocycles. The highest BCUT2D eigenvalue weighted by molar-refractivity contribution is 6.30. The zero-order chi connectivity index (χ0) is 21.5. The van der Waals surface area contributed by atoms with E-state index in [0.29, 0.717) is 17.1 Å². The zero-order valence-corrected chi connectivity index (χ0v) is 17.7. The molecule has 0 bridgehead atoms. The second-order valence-corrected chi connectivity index (χ2v) is 7.53. The molecule has 30 heavy (non-hydrogen) atoms. The maximum absolute atomic E-state index is 12.9. The van der Waals surface area contributed by atoms with Gasteiger partial charge in [0.25, 0.3) is 11.8 Å². The predicted molar refractivity (Wildman–Crippen MR) is 121 cm³/mol. The zero-order valence-electron chi connectivity index (χ0n) is 16.9. The summed E-state index contributed by atoms with van der Waals surface area (Å²) in [6, 6.07) is 22.1. The van der Waals surface area contributed by atoms with Crippen LogP contribution in [0.25, 0.3) is 6.08 Å². The van der Waals surface area contributed by atoms with Crippen LogP contribution in [0.15, 0.2) is 78.5 Å². The maximum atomic E-state index is 12.9. The Morgan fingerprint density at radius 2 is 1.40 bits per heavy atom. The normalized spacial score (nSPS) is 11.1. The Morgan fingerprint density at radius 3 is 2.00 bits per heavy atom. The van der Waals surface area contributed by atoms with Crippen LogP contribution >= 0.6 is 11.6 Å². The van der Waals surface area contributed by atoms with Crippen molar-refractivity contribution in [3.8, 4) is 0 Å². The molecule has 5 heteroatoms. The first-order chi connectivity index (χ1) is 14.4. The average Bonchev–Trinajstić information content (AvgIpc) is 2.74. The predicted octanol–water partition coefficient (Wildman–Crippen LogP) is 5.04. The third kappa shape index (κ3) is 6.06. The average molecular weight is 419 g/mol. The second kappa shape index (κ2) is 9.90. The summed E-state index contributed by atoms with van der Waals surface area (Å²) < 4.78 is 0. The molecule has 2 N–H and O–H groups in total. The number of benzene rings is 3. The fourth-order valence-electron chi connectivity index (χ4n) is 2.77. The molecule has 0 radical (unpaired) electrons. The lowest BCUT2D eigenvalue weighted by Crippen LogP contribution is -2.34. The summed E-state index contributed by atoms with van der Waals surface area (Å²) in [5.74, 6) is -0.716. The number of nitrogens with one attached hydrogen (secondary N) is 2. The Hall–Kier alpha value is -3.37. The smallest absolute Gasteiger partial charge is 0.268 e. The van der Waals surface area contributed by atoms with Gasteiger partial charge in [-0.15, -0.1) is 0 Å². The van der Waals surface area contributed by atoms with E-state index in [1.807, 2.05) is 50.2 Å². The fourth-order valence-corrected chi connectivity index (χ4v) is 2.89. The van der Waals surface area contributed by atoms with Crippen LogP contribution in [0.2, 0.25) is 5.02 Å². The van der Waals surface area contributed by atoms with Crippen LogP contribution in [0, 0.1) is 13.8 Å². The van der Waals surface area contributed by atoms with Gasteiger partial charge in [-0.1, -0.05) is 71.3 Å². The minimum Gasteiger partial charge on any atom is -0.347 e. The highest BCUT2D eigenvalue weighted by Gasteiger charge is 2.14. The van der Waals surface area contributed by atoms with Crippen LogP contribution in [0.4, 0.5) is 0 Å². The Kier molecular flexibility index (Phi) is 7.04. The van der Waals surface area contributed by atoms with Crippen LogP contribution < -0.4 is 10.6 Å². The van der Waals surface area contributed by atoms with Gasteiger partial charge in [-0.3, -0.25) is 9.59 Å². The maximum Gasteiger partial charge on any atom is 0.268 e. The number of carbonyl (C=O) groups is 2. The molecule has 0 aliphatic rings. The molecule has 0 saturated heterocycles. The van der Waals surface area contributed by atoms with Crippen molar-refractivity contribution in [2.75, 3.05) is 0 Å². The van der Waals surface area contributed by atoms with Crippen LogP contribution in [0.1, 0.15) is 32.6 Å². The van der Waals surface area contributed by atoms with Crippen molar-refractivity contribution in [2.24, 2.45) is 0 Å². The minimum absolute atomic E-state index is 0.162. The molecule has 152 valence electrons. The Bertz CT molecular complexity index is 1050. The monoisotopic (exact) mass is 418 g/mol. The molecular formula is C25H23ClN2O2. The highest BCUT2D eigenvalue weighted by atomic mass is 35.5. The minimum atomic E-state index is -0.369. The van der Waals surface area contributed by atoms with E-state index in [1.165, 1.54) is 0 Å². The van der Waals surface area contributed by atoms with Crippen molar-refractivity contribution in [1.29, 1.82) is 0 Å². The van der Waals surface area contributed by atoms with E-state index in [1.54, 1.807) is 42.5 Å². The quantitative estimate of drug-likeness (QED) is 0.550. The van der Waals surface area contributed by atoms with E-state index in [9.17, 15) is 9.59 Å². The molecule has 4 nitrogen and oxygen atoms in total. The molecule has 0 fully saturated rings. The lowest BCUT2D eigenvalue weighted by Gasteiger charge is -2.12. The Morgan fingerprint density at radius 1 is 0.833 bits per heavy atom. The SMILES string of the molecule is Cc1ccc(CNC(=O)/C(=C/c2ccc(Cl)cc2)NC(=O)c2ccc(C)cc2)cc1. The number of hydrogen-bond donors (Lipinski definition) is 2. The highest BCUT2D eigenvalue weighted by Crippen LogP contribution is 2.13. The standard InChI is InChI=1S/C25H23ClN2O2/c1-17-3-7-20(8-4-17)16-27-25(30)23(15-19-9-13-22(26)14-10-19)28-24(29)21-11-5-18(2)6-12-21/h3-15H,16H2,1-2H3,(H,27,30)(H,28,29)/b23-15-. The second-order valence-electron chi connectivity index (χ2n) is 7.10. The molecule has 0 aliphatic heterocycles. The van der Waals surface area contributed by atoms with Crippen LogP contribution in [0.3, 0.4) is 0 Å². The third-order valence-corrected chi connectivity index (χ3v) is 4.81. The van der Waals surface area contributed by atoms with E-state index in [2.05, 4.69) is 10.6 Å². The Balaban J connectivity index is 1.79. The fraction of sp³-hybridized carbons (Fsp3) is 0.120. The molecule has 0 unspecified atom stereocenters. The summed E-state index contributed by atoms with van der Waals surface area (Å²) in [4.78, 5) is 25.5. The summed E-state index contributed by atoms with van der Waals surface area (Å²) in [6.45, 7) is 4.32. The summed E-state index contributed by atoms with van der Waals surface area (Å²) in [5.41, 5.74) is 4.58. The van der Waals surface area contributed by atoms with E-state index >= 15 is 0 Å². The number of aryl methyl sites for hydroxylation is 2. The molecule has 0 aliphatic carbocycles. The molecule has 2 amide bonds. The van der Waals surface area contributed by atoms with Crippen molar-refractivity contribution < 1.29 is 9.59 Å². The summed E-state index contributed by atoms with van der Waals surface area (Å²) in [6.07, 6.45) is 1.63. The Labute approximate surface area is 181 Å². The van der Waals surface area contributed by atoms with Gasteiger partial charge in [-0.25, -0.2) is 0 Å². The number of halogens is 1. The van der Waals surface area contributed by atoms with Gasteiger partial charge in [0.1, 0.15) is 5.70 Å². The molecule has 3 rings (SSSR count). The van der Waals surface area contributed by atoms with Gasteiger partial charge in [0, 0.05) is 17.1 Å². The van der Waals surface area contributed by atoms with Crippen molar-refractivity contribution in [3.63, 3.8) is 0 Å². The van der Waals surface area contributed by atoms with Crippen LogP contribution in [-0.4, -0.2) is 11.8 Å². The molecule has 3 aromatic rings. The van der Waals surface area contributed by atoms with Crippen LogP contribution in [-0.2, 0) is 11.3 Å².